The summed E-state index contributed by atoms with van der Waals surface area (Å²) in [6.07, 6.45) is 2.14. The zero-order chi connectivity index (χ0) is 30.0. The molecule has 0 unspecified atom stereocenters. The summed E-state index contributed by atoms with van der Waals surface area (Å²) in [6, 6.07) is 22.4. The fourth-order valence-electron chi connectivity index (χ4n) is 4.21. The molecule has 3 aromatic carbocycles. The molecule has 8 nitrogen and oxygen atoms in total. The largest absolute Gasteiger partial charge is 0.489 e. The fraction of sp³-hybridized carbons (Fsp3) is 0.355. The van der Waals surface area contributed by atoms with E-state index in [2.05, 4.69) is 5.32 Å². The van der Waals surface area contributed by atoms with Crippen molar-refractivity contribution in [2.45, 2.75) is 58.8 Å². The van der Waals surface area contributed by atoms with Gasteiger partial charge in [0.1, 0.15) is 24.9 Å². The van der Waals surface area contributed by atoms with Gasteiger partial charge in [0, 0.05) is 17.6 Å². The van der Waals surface area contributed by atoms with Crippen LogP contribution in [0.15, 0.2) is 78.9 Å². The molecule has 0 aliphatic carbocycles. The van der Waals surface area contributed by atoms with E-state index in [-0.39, 0.29) is 18.5 Å². The van der Waals surface area contributed by atoms with Crippen molar-refractivity contribution in [2.24, 2.45) is 0 Å². The highest BCUT2D eigenvalue weighted by Gasteiger charge is 2.32. The molecule has 0 radical (unpaired) electrons. The molecule has 0 aliphatic rings. The third-order valence-electron chi connectivity index (χ3n) is 6.71. The van der Waals surface area contributed by atoms with E-state index >= 15 is 0 Å². The SMILES string of the molecule is CC[C@H](C)NC(=O)[C@H](CC)N(Cc1ccc(Cl)cc1)C(=O)CN(c1ccc(OCc2ccccc2)cc1)S(C)(=O)=O. The van der Waals surface area contributed by atoms with Gasteiger partial charge in [0.05, 0.1) is 11.9 Å². The first-order valence-electron chi connectivity index (χ1n) is 13.6. The first-order chi connectivity index (χ1) is 19.5. The number of anilines is 1. The molecule has 3 rings (SSSR count). The second-order valence-corrected chi connectivity index (χ2v) is 12.3. The van der Waals surface area contributed by atoms with Crippen LogP contribution in [0.1, 0.15) is 44.7 Å². The Hall–Kier alpha value is -3.56. The molecule has 0 aromatic heterocycles. The van der Waals surface area contributed by atoms with Crippen molar-refractivity contribution in [3.63, 3.8) is 0 Å². The Bertz CT molecular complexity index is 1380. The Balaban J connectivity index is 1.85. The summed E-state index contributed by atoms with van der Waals surface area (Å²) in [7, 11) is -3.84. The summed E-state index contributed by atoms with van der Waals surface area (Å²) in [6.45, 7) is 5.70. The zero-order valence-electron chi connectivity index (χ0n) is 23.9. The van der Waals surface area contributed by atoms with Crippen molar-refractivity contribution in [1.82, 2.24) is 10.2 Å². The van der Waals surface area contributed by atoms with Crippen molar-refractivity contribution in [3.05, 3.63) is 95.0 Å². The Labute approximate surface area is 248 Å². The van der Waals surface area contributed by atoms with Gasteiger partial charge in [-0.1, -0.05) is 67.9 Å². The molecule has 0 spiro atoms. The highest BCUT2D eigenvalue weighted by molar-refractivity contribution is 7.92. The van der Waals surface area contributed by atoms with Crippen LogP contribution < -0.4 is 14.4 Å². The maximum atomic E-state index is 13.8. The minimum atomic E-state index is -3.84. The van der Waals surface area contributed by atoms with Crippen LogP contribution in [-0.4, -0.2) is 50.0 Å². The topological polar surface area (TPSA) is 96.0 Å². The van der Waals surface area contributed by atoms with Gasteiger partial charge < -0.3 is 15.0 Å². The number of carbonyl (C=O) groups excluding carboxylic acids is 2. The van der Waals surface area contributed by atoms with Crippen molar-refractivity contribution < 1.29 is 22.7 Å². The molecule has 2 atom stereocenters. The van der Waals surface area contributed by atoms with Crippen LogP contribution in [0.5, 0.6) is 5.75 Å². The Kier molecular flexibility index (Phi) is 11.6. The Morgan fingerprint density at radius 2 is 1.54 bits per heavy atom. The van der Waals surface area contributed by atoms with E-state index < -0.39 is 28.5 Å². The number of carbonyl (C=O) groups is 2. The van der Waals surface area contributed by atoms with E-state index in [0.29, 0.717) is 29.5 Å². The van der Waals surface area contributed by atoms with Crippen molar-refractivity contribution in [2.75, 3.05) is 17.1 Å². The number of sulfonamides is 1. The number of hydrogen-bond donors (Lipinski definition) is 1. The molecule has 41 heavy (non-hydrogen) atoms. The lowest BCUT2D eigenvalue weighted by atomic mass is 10.1. The number of rotatable bonds is 14. The first-order valence-corrected chi connectivity index (χ1v) is 15.8. The van der Waals surface area contributed by atoms with Gasteiger partial charge >= 0.3 is 0 Å². The number of nitrogens with zero attached hydrogens (tertiary/aromatic N) is 2. The number of amides is 2. The van der Waals surface area contributed by atoms with Gasteiger partial charge in [-0.15, -0.1) is 0 Å². The molecule has 2 amide bonds. The zero-order valence-corrected chi connectivity index (χ0v) is 25.5. The summed E-state index contributed by atoms with van der Waals surface area (Å²) in [5.41, 5.74) is 2.09. The second kappa shape index (κ2) is 14.9. The summed E-state index contributed by atoms with van der Waals surface area (Å²) < 4.78 is 32.6. The third kappa shape index (κ3) is 9.50. The average Bonchev–Trinajstić information content (AvgIpc) is 2.95. The minimum absolute atomic E-state index is 0.0702. The molecule has 0 heterocycles. The van der Waals surface area contributed by atoms with E-state index in [1.54, 1.807) is 48.5 Å². The van der Waals surface area contributed by atoms with Gasteiger partial charge in [0.2, 0.25) is 21.8 Å². The molecule has 0 saturated carbocycles. The lowest BCUT2D eigenvalue weighted by Gasteiger charge is -2.33. The van der Waals surface area contributed by atoms with Crippen LogP contribution in [0.3, 0.4) is 0 Å². The molecule has 3 aromatic rings. The lowest BCUT2D eigenvalue weighted by Crippen LogP contribution is -2.53. The van der Waals surface area contributed by atoms with Crippen LogP contribution in [-0.2, 0) is 32.8 Å². The Morgan fingerprint density at radius 3 is 2.10 bits per heavy atom. The molecule has 0 aliphatic heterocycles. The van der Waals surface area contributed by atoms with Crippen LogP contribution in [0, 0.1) is 0 Å². The first kappa shape index (κ1) is 32.0. The van der Waals surface area contributed by atoms with Crippen LogP contribution >= 0.6 is 11.6 Å². The summed E-state index contributed by atoms with van der Waals surface area (Å²) in [4.78, 5) is 28.5. The van der Waals surface area contributed by atoms with E-state index in [0.717, 1.165) is 28.1 Å². The standard InChI is InChI=1S/C31H38ClN3O5S/c1-5-23(3)33-31(37)29(6-2)34(20-24-12-14-26(32)15-13-24)30(36)21-35(41(4,38)39)27-16-18-28(19-17-27)40-22-25-10-8-7-9-11-25/h7-19,23,29H,5-6,20-22H2,1-4H3,(H,33,37)/t23-,29-/m0/s1. The van der Waals surface area contributed by atoms with Gasteiger partial charge in [0.15, 0.2) is 0 Å². The van der Waals surface area contributed by atoms with Gasteiger partial charge in [-0.05, 0) is 67.3 Å². The maximum absolute atomic E-state index is 13.8. The van der Waals surface area contributed by atoms with Crippen LogP contribution in [0.25, 0.3) is 0 Å². The molecule has 220 valence electrons. The number of halogens is 1. The maximum Gasteiger partial charge on any atom is 0.244 e. The summed E-state index contributed by atoms with van der Waals surface area (Å²) in [5, 5.41) is 3.51. The number of benzene rings is 3. The summed E-state index contributed by atoms with van der Waals surface area (Å²) >= 11 is 6.05. The molecular formula is C31H38ClN3O5S. The lowest BCUT2D eigenvalue weighted by molar-refractivity contribution is -0.140. The quantitative estimate of drug-likeness (QED) is 0.267. The van der Waals surface area contributed by atoms with Gasteiger partial charge in [-0.2, -0.15) is 0 Å². The van der Waals surface area contributed by atoms with E-state index in [9.17, 15) is 18.0 Å². The van der Waals surface area contributed by atoms with E-state index in [1.165, 1.54) is 4.90 Å². The predicted molar refractivity (Wildman–Crippen MR) is 163 cm³/mol. The fourth-order valence-corrected chi connectivity index (χ4v) is 5.19. The molecule has 0 saturated heterocycles. The van der Waals surface area contributed by atoms with Crippen LogP contribution in [0.4, 0.5) is 5.69 Å². The number of ether oxygens (including phenoxy) is 1. The highest BCUT2D eigenvalue weighted by Crippen LogP contribution is 2.24. The van der Waals surface area contributed by atoms with Crippen LogP contribution in [0.2, 0.25) is 5.02 Å². The van der Waals surface area contributed by atoms with Crippen molar-refractivity contribution >= 4 is 39.1 Å². The second-order valence-electron chi connectivity index (χ2n) is 9.93. The average molecular weight is 600 g/mol. The van der Waals surface area contributed by atoms with Crippen molar-refractivity contribution in [3.8, 4) is 5.75 Å². The highest BCUT2D eigenvalue weighted by atomic mass is 35.5. The smallest absolute Gasteiger partial charge is 0.244 e. The monoisotopic (exact) mass is 599 g/mol. The summed E-state index contributed by atoms with van der Waals surface area (Å²) in [5.74, 6) is -0.217. The van der Waals surface area contributed by atoms with Crippen molar-refractivity contribution in [1.29, 1.82) is 0 Å². The Morgan fingerprint density at radius 1 is 0.902 bits per heavy atom. The molecule has 0 fully saturated rings. The molecule has 10 heteroatoms. The van der Waals surface area contributed by atoms with E-state index in [4.69, 9.17) is 16.3 Å². The normalized spacial score (nSPS) is 12.7. The number of hydrogen-bond acceptors (Lipinski definition) is 5. The number of nitrogens with one attached hydrogen (secondary N) is 1. The van der Waals surface area contributed by atoms with Gasteiger partial charge in [-0.3, -0.25) is 13.9 Å². The molecule has 1 N–H and O–H groups in total. The predicted octanol–water partition coefficient (Wildman–Crippen LogP) is 5.41. The van der Waals surface area contributed by atoms with Gasteiger partial charge in [0.25, 0.3) is 0 Å². The van der Waals surface area contributed by atoms with Gasteiger partial charge in [-0.25, -0.2) is 8.42 Å². The van der Waals surface area contributed by atoms with E-state index in [1.807, 2.05) is 51.1 Å². The third-order valence-corrected chi connectivity index (χ3v) is 8.10. The minimum Gasteiger partial charge on any atom is -0.489 e. The molecular weight excluding hydrogens is 562 g/mol. The molecule has 0 bridgehead atoms.